The topological polar surface area (TPSA) is 12.4 Å². The fraction of sp³-hybridized carbons (Fsp3) is 0.381. The minimum atomic E-state index is -2.92. The van der Waals surface area contributed by atoms with Gasteiger partial charge in [-0.1, -0.05) is 50.3 Å². The summed E-state index contributed by atoms with van der Waals surface area (Å²) in [6, 6.07) is 7.68. The van der Waals surface area contributed by atoms with E-state index in [1.807, 2.05) is 44.2 Å². The van der Waals surface area contributed by atoms with E-state index < -0.39 is 5.92 Å². The Morgan fingerprint density at radius 1 is 1.33 bits per heavy atom. The lowest BCUT2D eigenvalue weighted by Crippen LogP contribution is -2.13. The summed E-state index contributed by atoms with van der Waals surface area (Å²) in [7, 11) is 0. The normalized spacial score (nSPS) is 11.3. The van der Waals surface area contributed by atoms with E-state index >= 15 is 0 Å². The smallest absolute Gasteiger partial charge is 0.252 e. The van der Waals surface area contributed by atoms with E-state index in [2.05, 4.69) is 23.9 Å². The average Bonchev–Trinajstić information content (AvgIpc) is 2.55. The molecule has 0 spiro atoms. The molecule has 24 heavy (non-hydrogen) atoms. The van der Waals surface area contributed by atoms with Crippen LogP contribution in [-0.4, -0.2) is 11.6 Å². The molecule has 1 nitrogen and oxygen atoms in total. The van der Waals surface area contributed by atoms with Gasteiger partial charge in [0.25, 0.3) is 5.92 Å². The molecule has 0 saturated heterocycles. The number of nitrogens with zero attached hydrogens (tertiary/aromatic N) is 1. The van der Waals surface area contributed by atoms with Gasteiger partial charge in [-0.25, -0.2) is 0 Å². The van der Waals surface area contributed by atoms with Crippen molar-refractivity contribution in [1.82, 2.24) is 0 Å². The molecule has 0 fully saturated rings. The van der Waals surface area contributed by atoms with Crippen LogP contribution in [0, 0.1) is 12.3 Å². The van der Waals surface area contributed by atoms with E-state index in [0.29, 0.717) is 5.71 Å². The second kappa shape index (κ2) is 13.2. The molecule has 0 bridgehead atoms. The quantitative estimate of drug-likeness (QED) is 0.323. The van der Waals surface area contributed by atoms with E-state index in [1.165, 1.54) is 6.08 Å². The van der Waals surface area contributed by atoms with Crippen molar-refractivity contribution in [3.63, 3.8) is 0 Å². The van der Waals surface area contributed by atoms with Crippen molar-refractivity contribution >= 4 is 5.71 Å². The number of halogens is 2. The van der Waals surface area contributed by atoms with E-state index in [9.17, 15) is 8.78 Å². The number of allylic oxidation sites excluding steroid dienone is 3. The third kappa shape index (κ3) is 9.74. The minimum absolute atomic E-state index is 0. The van der Waals surface area contributed by atoms with Crippen molar-refractivity contribution in [2.45, 2.75) is 53.9 Å². The largest absolute Gasteiger partial charge is 0.286 e. The van der Waals surface area contributed by atoms with Crippen LogP contribution < -0.4 is 0 Å². The molecule has 0 aliphatic rings. The van der Waals surface area contributed by atoms with Crippen LogP contribution in [0.15, 0.2) is 53.7 Å². The van der Waals surface area contributed by atoms with E-state index in [-0.39, 0.29) is 7.12 Å². The monoisotopic (exact) mass is 335 g/mol. The molecule has 0 saturated carbocycles. The SMILES string of the molecule is C#CC.C=CCc1ccc(C(C)=N/C(=C\C)C(C)(F)F)cc1.CC.[HH]. The molecule has 0 unspecified atom stereocenters. The van der Waals surface area contributed by atoms with Gasteiger partial charge in [-0.2, -0.15) is 8.78 Å². The molecule has 0 aliphatic carbocycles. The Morgan fingerprint density at radius 3 is 2.12 bits per heavy atom. The van der Waals surface area contributed by atoms with E-state index in [1.54, 1.807) is 20.8 Å². The number of hydrogen-bond acceptors (Lipinski definition) is 1. The number of aliphatic imine (C=N–C) groups is 1. The van der Waals surface area contributed by atoms with Crippen molar-refractivity contribution in [2.24, 2.45) is 4.99 Å². The van der Waals surface area contributed by atoms with Gasteiger partial charge in [0.1, 0.15) is 5.70 Å². The lowest BCUT2D eigenvalue weighted by Gasteiger charge is -2.12. The molecule has 1 aromatic rings. The zero-order valence-electron chi connectivity index (χ0n) is 15.7. The molecule has 0 aliphatic heterocycles. The van der Waals surface area contributed by atoms with Crippen LogP contribution in [0.25, 0.3) is 0 Å². The summed E-state index contributed by atoms with van der Waals surface area (Å²) >= 11 is 0. The van der Waals surface area contributed by atoms with Crippen molar-refractivity contribution in [1.29, 1.82) is 0 Å². The lowest BCUT2D eigenvalue weighted by molar-refractivity contribution is 0.0620. The summed E-state index contributed by atoms with van der Waals surface area (Å²) in [6.45, 7) is 13.5. The van der Waals surface area contributed by atoms with Gasteiger partial charge in [-0.05, 0) is 38.3 Å². The fourth-order valence-electron chi connectivity index (χ4n) is 1.71. The van der Waals surface area contributed by atoms with Crippen LogP contribution in [0.1, 0.15) is 54.1 Å². The van der Waals surface area contributed by atoms with Crippen LogP contribution in [0.2, 0.25) is 0 Å². The number of hydrogen-bond donors (Lipinski definition) is 0. The number of alkyl halides is 2. The molecule has 3 heteroatoms. The predicted octanol–water partition coefficient (Wildman–Crippen LogP) is 6.69. The van der Waals surface area contributed by atoms with Crippen molar-refractivity contribution < 1.29 is 10.2 Å². The summed E-state index contributed by atoms with van der Waals surface area (Å²) in [4.78, 5) is 4.02. The minimum Gasteiger partial charge on any atom is -0.252 e. The molecule has 1 rings (SSSR count). The molecule has 0 amide bonds. The highest BCUT2D eigenvalue weighted by molar-refractivity contribution is 5.99. The van der Waals surface area contributed by atoms with Crippen molar-refractivity contribution in [2.75, 3.05) is 0 Å². The Morgan fingerprint density at radius 2 is 1.79 bits per heavy atom. The Balaban J connectivity index is -0.000000726. The van der Waals surface area contributed by atoms with Gasteiger partial charge in [-0.15, -0.1) is 18.9 Å². The van der Waals surface area contributed by atoms with Gasteiger partial charge in [0, 0.05) is 14.1 Å². The van der Waals surface area contributed by atoms with E-state index in [4.69, 9.17) is 0 Å². The summed E-state index contributed by atoms with van der Waals surface area (Å²) in [5.41, 5.74) is 2.36. The summed E-state index contributed by atoms with van der Waals surface area (Å²) in [6.07, 6.45) is 8.56. The number of benzene rings is 1. The van der Waals surface area contributed by atoms with Crippen LogP contribution in [0.5, 0.6) is 0 Å². The van der Waals surface area contributed by atoms with Gasteiger partial charge < -0.3 is 0 Å². The Kier molecular flexibility index (Phi) is 13.3. The summed E-state index contributed by atoms with van der Waals surface area (Å²) in [5.74, 6) is -0.668. The third-order valence-electron chi connectivity index (χ3n) is 2.76. The fourth-order valence-corrected chi connectivity index (χ4v) is 1.71. The molecule has 0 atom stereocenters. The van der Waals surface area contributed by atoms with Crippen molar-refractivity contribution in [3.8, 4) is 12.3 Å². The Hall–Kier alpha value is -2.21. The van der Waals surface area contributed by atoms with E-state index in [0.717, 1.165) is 24.5 Å². The third-order valence-corrected chi connectivity index (χ3v) is 2.76. The number of rotatable bonds is 5. The maximum atomic E-state index is 13.2. The first-order chi connectivity index (χ1) is 11.3. The zero-order valence-corrected chi connectivity index (χ0v) is 15.7. The van der Waals surface area contributed by atoms with Gasteiger partial charge >= 0.3 is 0 Å². The first-order valence-corrected chi connectivity index (χ1v) is 7.97. The highest BCUT2D eigenvalue weighted by Gasteiger charge is 2.26. The van der Waals surface area contributed by atoms with Crippen molar-refractivity contribution in [3.05, 3.63) is 59.8 Å². The van der Waals surface area contributed by atoms with Gasteiger partial charge in [-0.3, -0.25) is 4.99 Å². The highest BCUT2D eigenvalue weighted by Crippen LogP contribution is 2.24. The van der Waals surface area contributed by atoms with Gasteiger partial charge in [0.05, 0.1) is 0 Å². The van der Waals surface area contributed by atoms with Crippen LogP contribution in [0.4, 0.5) is 8.78 Å². The Bertz CT molecular complexity index is 573. The van der Waals surface area contributed by atoms with Gasteiger partial charge in [0.15, 0.2) is 0 Å². The molecular weight excluding hydrogens is 304 g/mol. The van der Waals surface area contributed by atoms with Crippen LogP contribution in [0.3, 0.4) is 0 Å². The maximum Gasteiger partial charge on any atom is 0.286 e. The van der Waals surface area contributed by atoms with Crippen LogP contribution in [-0.2, 0) is 6.42 Å². The second-order valence-corrected chi connectivity index (χ2v) is 4.74. The first-order valence-electron chi connectivity index (χ1n) is 7.97. The molecule has 0 N–H and O–H groups in total. The predicted molar refractivity (Wildman–Crippen MR) is 105 cm³/mol. The van der Waals surface area contributed by atoms with Crippen LogP contribution >= 0.6 is 0 Å². The second-order valence-electron chi connectivity index (χ2n) is 4.74. The molecule has 0 radical (unpaired) electrons. The standard InChI is InChI=1S/C16H19F2N.C3H4.C2H6.H2/c1-5-7-13-8-10-14(11-9-13)12(3)19-15(6-2)16(4,17)18;1-3-2;1-2;/h5-6,8-11H,1,7H2,2-4H3;1H,2H3;1-2H3;1H/b15-6-,19-12?;;;. The summed E-state index contributed by atoms with van der Waals surface area (Å²) < 4.78 is 26.5. The summed E-state index contributed by atoms with van der Waals surface area (Å²) in [5, 5.41) is 0. The Labute approximate surface area is 147 Å². The molecule has 134 valence electrons. The zero-order chi connectivity index (χ0) is 19.2. The molecule has 0 aromatic heterocycles. The molecule has 0 heterocycles. The maximum absolute atomic E-state index is 13.2. The van der Waals surface area contributed by atoms with Gasteiger partial charge in [0.2, 0.25) is 0 Å². The lowest BCUT2D eigenvalue weighted by atomic mass is 10.1. The number of terminal acetylenes is 1. The molecular formula is C21H31F2N. The molecule has 1 aromatic carbocycles. The average molecular weight is 335 g/mol. The first kappa shape index (κ1) is 24.0. The highest BCUT2D eigenvalue weighted by atomic mass is 19.3.